The van der Waals surface area contributed by atoms with E-state index in [2.05, 4.69) is 12.1 Å². The fourth-order valence-corrected chi connectivity index (χ4v) is 2.56. The van der Waals surface area contributed by atoms with Crippen LogP contribution in [0.5, 0.6) is 5.75 Å². The van der Waals surface area contributed by atoms with Crippen LogP contribution in [-0.2, 0) is 17.6 Å². The molecule has 2 aromatic carbocycles. The van der Waals surface area contributed by atoms with Gasteiger partial charge < -0.3 is 9.84 Å². The van der Waals surface area contributed by atoms with Gasteiger partial charge in [0.15, 0.2) is 0 Å². The molecule has 2 aromatic rings. The van der Waals surface area contributed by atoms with E-state index in [1.807, 2.05) is 49.4 Å². The van der Waals surface area contributed by atoms with Crippen molar-refractivity contribution in [1.82, 2.24) is 0 Å². The average molecular weight is 312 g/mol. The summed E-state index contributed by atoms with van der Waals surface area (Å²) in [6.45, 7) is 2.57. The van der Waals surface area contributed by atoms with Crippen LogP contribution in [0.15, 0.2) is 54.6 Å². The molecule has 0 amide bonds. The summed E-state index contributed by atoms with van der Waals surface area (Å²) in [4.78, 5) is 11.1. The molecule has 1 N–H and O–H groups in total. The molecule has 0 spiro atoms. The van der Waals surface area contributed by atoms with Crippen LogP contribution < -0.4 is 4.74 Å². The second kappa shape index (κ2) is 8.99. The van der Waals surface area contributed by atoms with Gasteiger partial charge in [0.1, 0.15) is 5.75 Å². The number of aliphatic carboxylic acids is 1. The summed E-state index contributed by atoms with van der Waals surface area (Å²) < 4.78 is 5.80. The van der Waals surface area contributed by atoms with E-state index in [1.54, 1.807) is 0 Å². The number of carboxylic acids is 1. The Morgan fingerprint density at radius 3 is 2.52 bits per heavy atom. The molecule has 2 rings (SSSR count). The maximum Gasteiger partial charge on any atom is 0.306 e. The molecule has 0 fully saturated rings. The molecule has 0 saturated carbocycles. The Morgan fingerprint density at radius 2 is 1.83 bits per heavy atom. The third-order valence-corrected chi connectivity index (χ3v) is 3.94. The van der Waals surface area contributed by atoms with E-state index in [4.69, 9.17) is 9.84 Å². The normalized spacial score (nSPS) is 11.9. The molecule has 1 atom stereocenters. The van der Waals surface area contributed by atoms with Gasteiger partial charge in [-0.05, 0) is 48.9 Å². The molecule has 23 heavy (non-hydrogen) atoms. The lowest BCUT2D eigenvalue weighted by atomic mass is 9.97. The van der Waals surface area contributed by atoms with Crippen LogP contribution in [0.3, 0.4) is 0 Å². The van der Waals surface area contributed by atoms with Gasteiger partial charge in [0.25, 0.3) is 0 Å². The Hall–Kier alpha value is -2.29. The van der Waals surface area contributed by atoms with Crippen LogP contribution in [0.1, 0.15) is 30.9 Å². The summed E-state index contributed by atoms with van der Waals surface area (Å²) in [5.74, 6) is -0.249. The van der Waals surface area contributed by atoms with E-state index in [-0.39, 0.29) is 5.92 Å². The molecule has 0 aliphatic heterocycles. The number of carbonyl (C=O) groups is 1. The van der Waals surface area contributed by atoms with Crippen molar-refractivity contribution >= 4 is 5.97 Å². The van der Waals surface area contributed by atoms with Crippen LogP contribution in [0.2, 0.25) is 0 Å². The first-order valence-electron chi connectivity index (χ1n) is 8.17. The Labute approximate surface area is 137 Å². The van der Waals surface area contributed by atoms with Gasteiger partial charge in [-0.3, -0.25) is 4.79 Å². The maximum absolute atomic E-state index is 11.1. The number of hydrogen-bond donors (Lipinski definition) is 1. The molecule has 3 heteroatoms. The van der Waals surface area contributed by atoms with E-state index >= 15 is 0 Å². The molecule has 0 saturated heterocycles. The maximum atomic E-state index is 11.1. The fraction of sp³-hybridized carbons (Fsp3) is 0.350. The van der Waals surface area contributed by atoms with Crippen molar-refractivity contribution in [3.05, 3.63) is 65.7 Å². The Morgan fingerprint density at radius 1 is 1.09 bits per heavy atom. The Bertz CT molecular complexity index is 607. The lowest BCUT2D eigenvalue weighted by Gasteiger charge is -2.11. The highest BCUT2D eigenvalue weighted by molar-refractivity contribution is 5.70. The second-order valence-corrected chi connectivity index (χ2v) is 5.73. The zero-order valence-electron chi connectivity index (χ0n) is 13.6. The van der Waals surface area contributed by atoms with Gasteiger partial charge in [0.05, 0.1) is 12.5 Å². The minimum atomic E-state index is -0.735. The van der Waals surface area contributed by atoms with Gasteiger partial charge in [-0.2, -0.15) is 0 Å². The average Bonchev–Trinajstić information content (AvgIpc) is 2.57. The third kappa shape index (κ3) is 5.78. The molecule has 0 aliphatic carbocycles. The lowest BCUT2D eigenvalue weighted by molar-refractivity contribution is -0.141. The predicted octanol–water partition coefficient (Wildman–Crippen LogP) is 4.35. The van der Waals surface area contributed by atoms with Gasteiger partial charge in [-0.15, -0.1) is 0 Å². The third-order valence-electron chi connectivity index (χ3n) is 3.94. The molecular weight excluding hydrogens is 288 g/mol. The molecule has 3 nitrogen and oxygen atoms in total. The highest BCUT2D eigenvalue weighted by atomic mass is 16.5. The molecule has 0 radical (unpaired) electrons. The minimum Gasteiger partial charge on any atom is -0.494 e. The Kier molecular flexibility index (Phi) is 6.67. The van der Waals surface area contributed by atoms with Crippen LogP contribution in [0, 0.1) is 5.92 Å². The number of benzene rings is 2. The van der Waals surface area contributed by atoms with Crippen molar-refractivity contribution in [3.8, 4) is 5.75 Å². The molecule has 0 heterocycles. The van der Waals surface area contributed by atoms with Crippen LogP contribution in [-0.4, -0.2) is 17.7 Å². The smallest absolute Gasteiger partial charge is 0.306 e. The van der Waals surface area contributed by atoms with Gasteiger partial charge in [-0.1, -0.05) is 49.4 Å². The number of rotatable bonds is 9. The highest BCUT2D eigenvalue weighted by Gasteiger charge is 2.15. The quantitative estimate of drug-likeness (QED) is 0.700. The molecule has 1 unspecified atom stereocenters. The number of carboxylic acid groups (broad SMARTS) is 1. The zero-order chi connectivity index (χ0) is 16.5. The van der Waals surface area contributed by atoms with E-state index in [1.165, 1.54) is 5.56 Å². The molecule has 122 valence electrons. The Balaban J connectivity index is 1.81. The molecule has 0 aromatic heterocycles. The largest absolute Gasteiger partial charge is 0.494 e. The van der Waals surface area contributed by atoms with Crippen molar-refractivity contribution < 1.29 is 14.6 Å². The van der Waals surface area contributed by atoms with Crippen LogP contribution >= 0.6 is 0 Å². The van der Waals surface area contributed by atoms with Crippen molar-refractivity contribution in [2.24, 2.45) is 5.92 Å². The van der Waals surface area contributed by atoms with E-state index in [0.29, 0.717) is 19.4 Å². The first-order valence-corrected chi connectivity index (χ1v) is 8.17. The first-order chi connectivity index (χ1) is 11.2. The van der Waals surface area contributed by atoms with Crippen molar-refractivity contribution in [2.75, 3.05) is 6.61 Å². The number of aryl methyl sites for hydroxylation is 1. The topological polar surface area (TPSA) is 46.5 Å². The van der Waals surface area contributed by atoms with Gasteiger partial charge in [0.2, 0.25) is 0 Å². The predicted molar refractivity (Wildman–Crippen MR) is 91.8 cm³/mol. The summed E-state index contributed by atoms with van der Waals surface area (Å²) in [5.41, 5.74) is 2.33. The fourth-order valence-electron chi connectivity index (χ4n) is 2.56. The van der Waals surface area contributed by atoms with Gasteiger partial charge in [-0.25, -0.2) is 0 Å². The van der Waals surface area contributed by atoms with Crippen LogP contribution in [0.25, 0.3) is 0 Å². The molecule has 0 bridgehead atoms. The summed E-state index contributed by atoms with van der Waals surface area (Å²) >= 11 is 0. The number of ether oxygens (including phenoxy) is 1. The zero-order valence-corrected chi connectivity index (χ0v) is 13.6. The van der Waals surface area contributed by atoms with Crippen molar-refractivity contribution in [3.63, 3.8) is 0 Å². The standard InChI is InChI=1S/C20H24O3/c1-2-18(20(21)22)14-17-10-6-12-19(15-17)23-13-7-11-16-8-4-3-5-9-16/h3-6,8-10,12,15,18H,2,7,11,13-14H2,1H3,(H,21,22). The monoisotopic (exact) mass is 312 g/mol. The number of hydrogen-bond acceptors (Lipinski definition) is 2. The molecule has 0 aliphatic rings. The summed E-state index contributed by atoms with van der Waals surface area (Å²) in [6, 6.07) is 18.1. The molecular formula is C20H24O3. The van der Waals surface area contributed by atoms with Crippen molar-refractivity contribution in [2.45, 2.75) is 32.6 Å². The first kappa shape index (κ1) is 17.1. The van der Waals surface area contributed by atoms with E-state index < -0.39 is 5.97 Å². The van der Waals surface area contributed by atoms with E-state index in [0.717, 1.165) is 24.2 Å². The second-order valence-electron chi connectivity index (χ2n) is 5.73. The highest BCUT2D eigenvalue weighted by Crippen LogP contribution is 2.18. The summed E-state index contributed by atoms with van der Waals surface area (Å²) in [6.07, 6.45) is 3.14. The van der Waals surface area contributed by atoms with Gasteiger partial charge >= 0.3 is 5.97 Å². The minimum absolute atomic E-state index is 0.330. The summed E-state index contributed by atoms with van der Waals surface area (Å²) in [5, 5.41) is 9.15. The summed E-state index contributed by atoms with van der Waals surface area (Å²) in [7, 11) is 0. The van der Waals surface area contributed by atoms with Crippen molar-refractivity contribution in [1.29, 1.82) is 0 Å². The lowest BCUT2D eigenvalue weighted by Crippen LogP contribution is -2.15. The van der Waals surface area contributed by atoms with Crippen LogP contribution in [0.4, 0.5) is 0 Å². The van der Waals surface area contributed by atoms with E-state index in [9.17, 15) is 4.79 Å². The SMILES string of the molecule is CCC(Cc1cccc(OCCCc2ccccc2)c1)C(=O)O. The van der Waals surface area contributed by atoms with Gasteiger partial charge in [0, 0.05) is 0 Å².